The number of piperidine rings is 1. The molecule has 1 amide bonds. The van der Waals surface area contributed by atoms with Crippen LogP contribution in [0.15, 0.2) is 42.5 Å². The minimum atomic E-state index is 0.143. The van der Waals surface area contributed by atoms with Crippen LogP contribution < -0.4 is 10.2 Å². The summed E-state index contributed by atoms with van der Waals surface area (Å²) in [5.74, 6) is 2.79. The van der Waals surface area contributed by atoms with Gasteiger partial charge >= 0.3 is 0 Å². The van der Waals surface area contributed by atoms with Crippen molar-refractivity contribution in [2.45, 2.75) is 44.2 Å². The maximum absolute atomic E-state index is 13.4. The number of anilines is 1. The quantitative estimate of drug-likeness (QED) is 0.648. The number of nitrogens with one attached hydrogen (secondary N) is 1. The molecule has 1 aliphatic carbocycles. The smallest absolute Gasteiger partial charge is 0.253 e. The van der Waals surface area contributed by atoms with Gasteiger partial charge in [0.15, 0.2) is 0 Å². The number of benzene rings is 2. The number of aryl methyl sites for hydroxylation is 1. The van der Waals surface area contributed by atoms with Gasteiger partial charge in [-0.3, -0.25) is 4.79 Å². The predicted octanol–water partition coefficient (Wildman–Crippen LogP) is 3.91. The number of nitrogens with zero attached hydrogens (tertiary/aromatic N) is 4. The molecule has 6 heteroatoms. The minimum absolute atomic E-state index is 0.143. The first-order valence-electron chi connectivity index (χ1n) is 13.0. The van der Waals surface area contributed by atoms with Gasteiger partial charge in [0.25, 0.3) is 5.91 Å². The van der Waals surface area contributed by atoms with Crippen LogP contribution in [0.4, 0.5) is 5.69 Å². The Hall–Kier alpha value is -2.86. The van der Waals surface area contributed by atoms with Gasteiger partial charge < -0.3 is 19.7 Å². The van der Waals surface area contributed by atoms with Crippen LogP contribution >= 0.6 is 0 Å². The molecule has 0 bridgehead atoms. The lowest BCUT2D eigenvalue weighted by Gasteiger charge is -2.35. The fourth-order valence-corrected chi connectivity index (χ4v) is 6.53. The Kier molecular flexibility index (Phi) is 4.73. The largest absolute Gasteiger partial charge is 0.360 e. The van der Waals surface area contributed by atoms with Crippen LogP contribution in [-0.2, 0) is 13.5 Å². The van der Waals surface area contributed by atoms with E-state index >= 15 is 0 Å². The lowest BCUT2D eigenvalue weighted by Crippen LogP contribution is -2.48. The minimum Gasteiger partial charge on any atom is -0.360 e. The highest BCUT2D eigenvalue weighted by molar-refractivity contribution is 5.97. The molecule has 3 fully saturated rings. The van der Waals surface area contributed by atoms with Gasteiger partial charge in [0.05, 0.1) is 17.1 Å². The number of para-hydroxylation sites is 1. The van der Waals surface area contributed by atoms with Gasteiger partial charge in [0.2, 0.25) is 0 Å². The second-order valence-electron chi connectivity index (χ2n) is 10.8. The molecule has 4 aliphatic rings. The molecular formula is C28H33N5O. The van der Waals surface area contributed by atoms with Gasteiger partial charge in [0.1, 0.15) is 5.82 Å². The van der Waals surface area contributed by atoms with Crippen molar-refractivity contribution in [2.75, 3.05) is 31.1 Å². The Labute approximate surface area is 200 Å². The van der Waals surface area contributed by atoms with Crippen molar-refractivity contribution in [2.24, 2.45) is 18.9 Å². The SMILES string of the molecule is Cn1c(C2Cc3ccccc3N2CC2CC2)nc2cc(C(=O)N3CC[C@@H]4CCN[C@@H]4C3)ccc21. The number of likely N-dealkylation sites (tertiary alicyclic amines) is 1. The maximum Gasteiger partial charge on any atom is 0.253 e. The fourth-order valence-electron chi connectivity index (χ4n) is 6.53. The Morgan fingerprint density at radius 2 is 2.00 bits per heavy atom. The van der Waals surface area contributed by atoms with Crippen LogP contribution in [0.1, 0.15) is 53.5 Å². The van der Waals surface area contributed by atoms with E-state index in [0.29, 0.717) is 6.04 Å². The molecule has 2 saturated heterocycles. The van der Waals surface area contributed by atoms with E-state index in [2.05, 4.69) is 52.2 Å². The van der Waals surface area contributed by atoms with Crippen molar-refractivity contribution in [1.29, 1.82) is 0 Å². The lowest BCUT2D eigenvalue weighted by atomic mass is 9.92. The number of hydrogen-bond donors (Lipinski definition) is 1. The summed E-state index contributed by atoms with van der Waals surface area (Å²) in [5, 5.41) is 3.58. The molecule has 6 nitrogen and oxygen atoms in total. The third kappa shape index (κ3) is 3.34. The van der Waals surface area contributed by atoms with Gasteiger partial charge in [-0.15, -0.1) is 0 Å². The van der Waals surface area contributed by atoms with Crippen molar-refractivity contribution in [3.63, 3.8) is 0 Å². The molecule has 3 atom stereocenters. The van der Waals surface area contributed by atoms with Gasteiger partial charge in [0, 0.05) is 50.4 Å². The predicted molar refractivity (Wildman–Crippen MR) is 134 cm³/mol. The van der Waals surface area contributed by atoms with E-state index in [1.165, 1.54) is 30.5 Å². The van der Waals surface area contributed by atoms with Crippen LogP contribution in [0.2, 0.25) is 0 Å². The zero-order chi connectivity index (χ0) is 22.8. The van der Waals surface area contributed by atoms with Crippen molar-refractivity contribution < 1.29 is 4.79 Å². The molecule has 7 rings (SSSR count). The molecule has 3 aliphatic heterocycles. The molecule has 0 spiro atoms. The highest BCUT2D eigenvalue weighted by atomic mass is 16.2. The van der Waals surface area contributed by atoms with E-state index in [1.807, 2.05) is 17.0 Å². The summed E-state index contributed by atoms with van der Waals surface area (Å²) in [5.41, 5.74) is 5.58. The Bertz CT molecular complexity index is 1260. The molecule has 34 heavy (non-hydrogen) atoms. The summed E-state index contributed by atoms with van der Waals surface area (Å²) >= 11 is 0. The van der Waals surface area contributed by atoms with E-state index in [1.54, 1.807) is 0 Å². The summed E-state index contributed by atoms with van der Waals surface area (Å²) in [6.07, 6.45) is 6.03. The molecule has 0 radical (unpaired) electrons. The zero-order valence-corrected chi connectivity index (χ0v) is 19.9. The lowest BCUT2D eigenvalue weighted by molar-refractivity contribution is 0.0669. The van der Waals surface area contributed by atoms with E-state index in [-0.39, 0.29) is 11.9 Å². The van der Waals surface area contributed by atoms with Crippen molar-refractivity contribution in [3.05, 3.63) is 59.4 Å². The Morgan fingerprint density at radius 1 is 1.12 bits per heavy atom. The Balaban J connectivity index is 1.19. The van der Waals surface area contributed by atoms with Crippen LogP contribution in [0.3, 0.4) is 0 Å². The van der Waals surface area contributed by atoms with E-state index in [0.717, 1.165) is 73.3 Å². The van der Waals surface area contributed by atoms with Crippen molar-refractivity contribution in [1.82, 2.24) is 19.8 Å². The van der Waals surface area contributed by atoms with E-state index < -0.39 is 0 Å². The van der Waals surface area contributed by atoms with Crippen molar-refractivity contribution in [3.8, 4) is 0 Å². The van der Waals surface area contributed by atoms with E-state index in [9.17, 15) is 4.79 Å². The monoisotopic (exact) mass is 455 g/mol. The maximum atomic E-state index is 13.4. The van der Waals surface area contributed by atoms with Gasteiger partial charge in [-0.25, -0.2) is 4.98 Å². The highest BCUT2D eigenvalue weighted by Gasteiger charge is 2.37. The number of fused-ring (bicyclic) bond motifs is 3. The Morgan fingerprint density at radius 3 is 2.88 bits per heavy atom. The van der Waals surface area contributed by atoms with Gasteiger partial charge in [-0.1, -0.05) is 18.2 Å². The number of hydrogen-bond acceptors (Lipinski definition) is 4. The number of amides is 1. The topological polar surface area (TPSA) is 53.4 Å². The summed E-state index contributed by atoms with van der Waals surface area (Å²) < 4.78 is 2.24. The molecule has 1 aromatic heterocycles. The summed E-state index contributed by atoms with van der Waals surface area (Å²) in [7, 11) is 2.13. The van der Waals surface area contributed by atoms with Crippen LogP contribution in [0, 0.1) is 11.8 Å². The number of carbonyl (C=O) groups is 1. The average Bonchev–Trinajstić information content (AvgIpc) is 3.29. The molecular weight excluding hydrogens is 422 g/mol. The fraction of sp³-hybridized carbons (Fsp3) is 0.500. The molecule has 3 aromatic rings. The molecule has 176 valence electrons. The number of imidazole rings is 1. The molecule has 2 aromatic carbocycles. The number of carbonyl (C=O) groups excluding carboxylic acids is 1. The van der Waals surface area contributed by atoms with Crippen LogP contribution in [0.25, 0.3) is 11.0 Å². The third-order valence-corrected chi connectivity index (χ3v) is 8.67. The average molecular weight is 456 g/mol. The number of rotatable bonds is 4. The first-order chi connectivity index (χ1) is 16.7. The zero-order valence-electron chi connectivity index (χ0n) is 19.9. The first-order valence-corrected chi connectivity index (χ1v) is 13.0. The second-order valence-corrected chi connectivity index (χ2v) is 10.8. The van der Waals surface area contributed by atoms with Gasteiger partial charge in [-0.2, -0.15) is 0 Å². The van der Waals surface area contributed by atoms with Crippen LogP contribution in [-0.4, -0.2) is 52.6 Å². The second kappa shape index (κ2) is 7.84. The molecule has 4 heterocycles. The summed E-state index contributed by atoms with van der Waals surface area (Å²) in [4.78, 5) is 23.1. The summed E-state index contributed by atoms with van der Waals surface area (Å²) in [6.45, 7) is 3.89. The third-order valence-electron chi connectivity index (χ3n) is 8.67. The standard InChI is InChI=1S/C28H33N5O/c1-31-25-9-8-21(28(34)32-13-11-19-10-12-29-23(19)17-32)14-22(25)30-27(31)26-15-20-4-2-3-5-24(20)33(26)16-18-6-7-18/h2-5,8-9,14,18-19,23,26,29H,6-7,10-13,15-17H2,1H3/t19-,23+,26?/m0/s1. The first kappa shape index (κ1) is 20.5. The number of aromatic nitrogens is 2. The van der Waals surface area contributed by atoms with Gasteiger partial charge in [-0.05, 0) is 73.9 Å². The molecule has 1 N–H and O–H groups in total. The summed E-state index contributed by atoms with van der Waals surface area (Å²) in [6, 6.07) is 15.6. The van der Waals surface area contributed by atoms with Crippen molar-refractivity contribution >= 4 is 22.6 Å². The molecule has 1 saturated carbocycles. The molecule has 1 unspecified atom stereocenters. The van der Waals surface area contributed by atoms with Crippen LogP contribution in [0.5, 0.6) is 0 Å². The normalized spacial score (nSPS) is 26.2. The van der Waals surface area contributed by atoms with E-state index in [4.69, 9.17) is 4.98 Å². The highest BCUT2D eigenvalue weighted by Crippen LogP contribution is 2.43.